The summed E-state index contributed by atoms with van der Waals surface area (Å²) < 4.78 is 12.9. The third-order valence-corrected chi connectivity index (χ3v) is 6.15. The molecule has 5 rings (SSSR count). The molecule has 11 heteroatoms. The van der Waals surface area contributed by atoms with Gasteiger partial charge in [0.2, 0.25) is 5.91 Å². The van der Waals surface area contributed by atoms with Gasteiger partial charge in [-0.15, -0.1) is 0 Å². The number of hydrogen-bond donors (Lipinski definition) is 1. The molecule has 0 aliphatic carbocycles. The lowest BCUT2D eigenvalue weighted by atomic mass is 9.69. The minimum Gasteiger partial charge on any atom is -0.468 e. The summed E-state index contributed by atoms with van der Waals surface area (Å²) in [5, 5.41) is 2.96. The normalized spacial score (nSPS) is 15.2. The summed E-state index contributed by atoms with van der Waals surface area (Å²) in [4.78, 5) is 51.5. The highest BCUT2D eigenvalue weighted by molar-refractivity contribution is 6.14. The van der Waals surface area contributed by atoms with Gasteiger partial charge in [-0.1, -0.05) is 18.2 Å². The number of para-hydroxylation sites is 1. The zero-order chi connectivity index (χ0) is 22.9. The summed E-state index contributed by atoms with van der Waals surface area (Å²) in [5.41, 5.74) is -1.58. The first kappa shape index (κ1) is 19.8. The lowest BCUT2D eigenvalue weighted by Gasteiger charge is -2.35. The molecule has 2 aliphatic rings. The molecule has 0 radical (unpaired) electrons. The summed E-state index contributed by atoms with van der Waals surface area (Å²) in [6.07, 6.45) is 0. The van der Waals surface area contributed by atoms with E-state index in [9.17, 15) is 14.4 Å². The molecule has 0 saturated carbocycles. The molecule has 0 fully saturated rings. The highest BCUT2D eigenvalue weighted by Crippen LogP contribution is 2.53. The third kappa shape index (κ3) is 2.12. The fourth-order valence-corrected chi connectivity index (χ4v) is 4.67. The maximum Gasteiger partial charge on any atom is 0.300 e. The molecule has 0 saturated heterocycles. The number of nitrogens with zero attached hydrogens (tertiary/aromatic N) is 5. The number of aromatic nitrogens is 4. The summed E-state index contributed by atoms with van der Waals surface area (Å²) in [6, 6.07) is 7.15. The fourth-order valence-electron chi connectivity index (χ4n) is 4.67. The number of ether oxygens (including phenoxy) is 2. The minimum atomic E-state index is -1.73. The van der Waals surface area contributed by atoms with Crippen LogP contribution in [0.3, 0.4) is 0 Å². The largest absolute Gasteiger partial charge is 0.468 e. The van der Waals surface area contributed by atoms with Crippen LogP contribution in [0.15, 0.2) is 33.9 Å². The van der Waals surface area contributed by atoms with Gasteiger partial charge in [0.15, 0.2) is 0 Å². The van der Waals surface area contributed by atoms with Gasteiger partial charge in [-0.2, -0.15) is 9.97 Å². The Morgan fingerprint density at radius 2 is 1.34 bits per heavy atom. The summed E-state index contributed by atoms with van der Waals surface area (Å²) in [6.45, 7) is 0. The molecule has 2 aromatic heterocycles. The van der Waals surface area contributed by atoms with Gasteiger partial charge < -0.3 is 19.7 Å². The molecule has 1 spiro atoms. The summed E-state index contributed by atoms with van der Waals surface area (Å²) >= 11 is 0. The van der Waals surface area contributed by atoms with Crippen molar-refractivity contribution in [1.29, 1.82) is 0 Å². The summed E-state index contributed by atoms with van der Waals surface area (Å²) in [7, 11) is 7.39. The Hall–Kier alpha value is -4.15. The van der Waals surface area contributed by atoms with E-state index in [-0.39, 0.29) is 34.8 Å². The van der Waals surface area contributed by atoms with Gasteiger partial charge in [0.05, 0.1) is 25.3 Å². The van der Waals surface area contributed by atoms with E-state index >= 15 is 0 Å². The van der Waals surface area contributed by atoms with E-state index < -0.39 is 22.4 Å². The van der Waals surface area contributed by atoms with E-state index in [2.05, 4.69) is 15.3 Å². The van der Waals surface area contributed by atoms with Crippen molar-refractivity contribution in [2.75, 3.05) is 31.5 Å². The Bertz CT molecular complexity index is 1370. The van der Waals surface area contributed by atoms with Crippen molar-refractivity contribution in [2.45, 2.75) is 5.41 Å². The molecule has 4 heterocycles. The van der Waals surface area contributed by atoms with E-state index in [4.69, 9.17) is 9.47 Å². The summed E-state index contributed by atoms with van der Waals surface area (Å²) in [5.74, 6) is -0.256. The van der Waals surface area contributed by atoms with Gasteiger partial charge in [-0.05, 0) is 6.07 Å². The Labute approximate surface area is 181 Å². The third-order valence-electron chi connectivity index (χ3n) is 6.15. The highest BCUT2D eigenvalue weighted by atomic mass is 16.5. The smallest absolute Gasteiger partial charge is 0.300 e. The Kier molecular flexibility index (Phi) is 3.97. The first-order valence-electron chi connectivity index (χ1n) is 9.74. The Morgan fingerprint density at radius 3 is 1.84 bits per heavy atom. The number of hydrogen-bond acceptors (Lipinski definition) is 8. The molecule has 2 aliphatic heterocycles. The molecular weight excluding hydrogens is 416 g/mol. The van der Waals surface area contributed by atoms with Crippen LogP contribution in [0.25, 0.3) is 0 Å². The molecule has 0 bridgehead atoms. The monoisotopic (exact) mass is 436 g/mol. The quantitative estimate of drug-likeness (QED) is 0.607. The fraction of sp³-hybridized carbons (Fsp3) is 0.286. The number of likely N-dealkylation sites (N-methyl/N-ethyl adjacent to an activating group) is 1. The molecule has 1 aromatic carbocycles. The number of carbonyl (C=O) groups is 1. The standard InChI is InChI=1S/C21H20N6O5/c1-25-11-9-7-6-8-10(11)21(18(25)30)12-14(23-19(31-4)26(2)16(12)28)22-15-13(21)17(29)27(3)20(24-15)32-5/h6-9,22H,1-5H3. The number of nitrogens with one attached hydrogen (secondary N) is 1. The lowest BCUT2D eigenvalue weighted by Crippen LogP contribution is -2.51. The molecule has 1 N–H and O–H groups in total. The average Bonchev–Trinajstić information content (AvgIpc) is 3.01. The molecule has 32 heavy (non-hydrogen) atoms. The van der Waals surface area contributed by atoms with E-state index in [0.717, 1.165) is 0 Å². The van der Waals surface area contributed by atoms with Crippen LogP contribution < -0.4 is 30.8 Å². The minimum absolute atomic E-state index is 0.0409. The number of fused-ring (bicyclic) bond motifs is 6. The predicted molar refractivity (Wildman–Crippen MR) is 115 cm³/mol. The van der Waals surface area contributed by atoms with Crippen molar-refractivity contribution >= 4 is 23.2 Å². The number of rotatable bonds is 2. The van der Waals surface area contributed by atoms with Crippen LogP contribution in [-0.2, 0) is 24.3 Å². The van der Waals surface area contributed by atoms with E-state index in [0.29, 0.717) is 11.3 Å². The van der Waals surface area contributed by atoms with Crippen LogP contribution >= 0.6 is 0 Å². The molecule has 3 aromatic rings. The second-order valence-electron chi connectivity index (χ2n) is 7.63. The Balaban J connectivity index is 2.04. The average molecular weight is 436 g/mol. The van der Waals surface area contributed by atoms with Crippen molar-refractivity contribution in [3.05, 3.63) is 61.7 Å². The van der Waals surface area contributed by atoms with Crippen molar-refractivity contribution in [3.63, 3.8) is 0 Å². The van der Waals surface area contributed by atoms with Gasteiger partial charge in [-0.3, -0.25) is 23.5 Å². The number of carbonyl (C=O) groups excluding carboxylic acids is 1. The van der Waals surface area contributed by atoms with Crippen LogP contribution in [0.2, 0.25) is 0 Å². The van der Waals surface area contributed by atoms with Gasteiger partial charge >= 0.3 is 12.0 Å². The van der Waals surface area contributed by atoms with Crippen LogP contribution in [0.5, 0.6) is 12.0 Å². The number of amides is 1. The van der Waals surface area contributed by atoms with Crippen molar-refractivity contribution in [3.8, 4) is 12.0 Å². The SMILES string of the molecule is COc1nc2c(c(=O)n1C)C1(C(=O)N(C)c3ccccc31)c1c(nc(OC)n(C)c1=O)N2. The Morgan fingerprint density at radius 1 is 0.844 bits per heavy atom. The van der Waals surface area contributed by atoms with Gasteiger partial charge in [0.1, 0.15) is 17.1 Å². The molecule has 1 amide bonds. The topological polar surface area (TPSA) is 121 Å². The van der Waals surface area contributed by atoms with Crippen molar-refractivity contribution < 1.29 is 14.3 Å². The first-order chi connectivity index (χ1) is 15.3. The molecule has 164 valence electrons. The lowest BCUT2D eigenvalue weighted by molar-refractivity contribution is -0.120. The van der Waals surface area contributed by atoms with Crippen LogP contribution in [0, 0.1) is 0 Å². The molecular formula is C21H20N6O5. The second kappa shape index (κ2) is 6.42. The van der Waals surface area contributed by atoms with E-state index in [1.54, 1.807) is 31.3 Å². The number of methoxy groups -OCH3 is 2. The number of benzene rings is 1. The van der Waals surface area contributed by atoms with Crippen molar-refractivity contribution in [2.24, 2.45) is 14.1 Å². The zero-order valence-corrected chi connectivity index (χ0v) is 18.1. The first-order valence-corrected chi connectivity index (χ1v) is 9.74. The maximum atomic E-state index is 14.0. The maximum absolute atomic E-state index is 14.0. The van der Waals surface area contributed by atoms with Crippen molar-refractivity contribution in [1.82, 2.24) is 19.1 Å². The van der Waals surface area contributed by atoms with Gasteiger partial charge in [0, 0.05) is 32.4 Å². The van der Waals surface area contributed by atoms with Gasteiger partial charge in [0.25, 0.3) is 11.1 Å². The van der Waals surface area contributed by atoms with Gasteiger partial charge in [-0.25, -0.2) is 0 Å². The highest BCUT2D eigenvalue weighted by Gasteiger charge is 2.60. The predicted octanol–water partition coefficient (Wildman–Crippen LogP) is 0.259. The second-order valence-corrected chi connectivity index (χ2v) is 7.63. The van der Waals surface area contributed by atoms with Crippen LogP contribution in [0.4, 0.5) is 17.3 Å². The molecule has 0 atom stereocenters. The number of anilines is 3. The van der Waals surface area contributed by atoms with E-state index in [1.165, 1.54) is 42.3 Å². The van der Waals surface area contributed by atoms with Crippen LogP contribution in [0.1, 0.15) is 16.7 Å². The van der Waals surface area contributed by atoms with E-state index in [1.807, 2.05) is 0 Å². The zero-order valence-electron chi connectivity index (χ0n) is 18.1. The molecule has 0 unspecified atom stereocenters. The van der Waals surface area contributed by atoms with Crippen LogP contribution in [-0.4, -0.2) is 46.3 Å². The molecule has 11 nitrogen and oxygen atoms in total.